The number of methoxy groups -OCH3 is 2. The molecule has 0 aliphatic heterocycles. The van der Waals surface area contributed by atoms with Crippen LogP contribution in [0.2, 0.25) is 0 Å². The van der Waals surface area contributed by atoms with Crippen LogP contribution in [0, 0.1) is 0 Å². The second kappa shape index (κ2) is 9.29. The van der Waals surface area contributed by atoms with Gasteiger partial charge in [-0.3, -0.25) is 4.79 Å². The van der Waals surface area contributed by atoms with E-state index in [0.29, 0.717) is 5.75 Å². The van der Waals surface area contributed by atoms with Crippen LogP contribution in [0.15, 0.2) is 53.2 Å². The van der Waals surface area contributed by atoms with Crippen molar-refractivity contribution in [3.8, 4) is 22.6 Å². The lowest BCUT2D eigenvalue weighted by molar-refractivity contribution is -0.117. The number of amides is 1. The standard InChI is InChI=1S/C26H29NO4/c1-17(13-26(28)27-19-7-5-4-6-8-19)21-14-22-23(16-31-25(22)15-24(21)30-3)18-9-11-20(29-2)12-10-18/h9-16,19H,4-8H2,1-3H3,(H,27,28)/b17-13+. The molecule has 5 nitrogen and oxygen atoms in total. The van der Waals surface area contributed by atoms with Crippen LogP contribution in [-0.4, -0.2) is 26.2 Å². The lowest BCUT2D eigenvalue weighted by Crippen LogP contribution is -2.35. The average Bonchev–Trinajstić information content (AvgIpc) is 3.21. The van der Waals surface area contributed by atoms with Crippen LogP contribution in [0.25, 0.3) is 27.7 Å². The number of ether oxygens (including phenoxy) is 2. The summed E-state index contributed by atoms with van der Waals surface area (Å²) in [6.07, 6.45) is 9.19. The summed E-state index contributed by atoms with van der Waals surface area (Å²) in [4.78, 5) is 12.6. The topological polar surface area (TPSA) is 60.7 Å². The van der Waals surface area contributed by atoms with E-state index in [1.54, 1.807) is 26.6 Å². The third kappa shape index (κ3) is 4.61. The predicted octanol–water partition coefficient (Wildman–Crippen LogP) is 5.97. The SMILES string of the molecule is COc1ccc(-c2coc3cc(OC)c(/C(C)=C/C(=O)NC4CCCCC4)cc23)cc1. The molecule has 2 aromatic carbocycles. The maximum absolute atomic E-state index is 12.6. The van der Waals surface area contributed by atoms with Gasteiger partial charge in [0.25, 0.3) is 0 Å². The number of rotatable bonds is 6. The Hall–Kier alpha value is -3.21. The van der Waals surface area contributed by atoms with Gasteiger partial charge in [0.2, 0.25) is 5.91 Å². The highest BCUT2D eigenvalue weighted by atomic mass is 16.5. The van der Waals surface area contributed by atoms with Gasteiger partial charge in [0.05, 0.1) is 20.5 Å². The fourth-order valence-electron chi connectivity index (χ4n) is 4.29. The molecule has 1 aliphatic carbocycles. The van der Waals surface area contributed by atoms with Crippen molar-refractivity contribution in [2.24, 2.45) is 0 Å². The van der Waals surface area contributed by atoms with Gasteiger partial charge in [0.15, 0.2) is 0 Å². The Bertz CT molecular complexity index is 1090. The molecule has 0 saturated heterocycles. The average molecular weight is 420 g/mol. The van der Waals surface area contributed by atoms with E-state index in [1.807, 2.05) is 43.3 Å². The van der Waals surface area contributed by atoms with Gasteiger partial charge >= 0.3 is 0 Å². The van der Waals surface area contributed by atoms with Crippen molar-refractivity contribution in [3.63, 3.8) is 0 Å². The number of furan rings is 1. The van der Waals surface area contributed by atoms with E-state index in [0.717, 1.165) is 51.8 Å². The molecule has 1 aromatic heterocycles. The van der Waals surface area contributed by atoms with Crippen molar-refractivity contribution < 1.29 is 18.7 Å². The molecular formula is C26H29NO4. The van der Waals surface area contributed by atoms with Crippen LogP contribution < -0.4 is 14.8 Å². The Labute approximate surface area is 183 Å². The third-order valence-corrected chi connectivity index (χ3v) is 6.02. The molecule has 1 fully saturated rings. The first-order valence-electron chi connectivity index (χ1n) is 10.8. The van der Waals surface area contributed by atoms with Gasteiger partial charge in [-0.2, -0.15) is 0 Å². The Morgan fingerprint density at radius 3 is 2.48 bits per heavy atom. The first-order chi connectivity index (χ1) is 15.1. The Balaban J connectivity index is 1.66. The molecular weight excluding hydrogens is 390 g/mol. The number of nitrogens with one attached hydrogen (secondary N) is 1. The van der Waals surface area contributed by atoms with E-state index in [2.05, 4.69) is 5.32 Å². The molecule has 31 heavy (non-hydrogen) atoms. The minimum Gasteiger partial charge on any atom is -0.497 e. The lowest BCUT2D eigenvalue weighted by atomic mass is 9.95. The second-order valence-electron chi connectivity index (χ2n) is 8.10. The van der Waals surface area contributed by atoms with E-state index < -0.39 is 0 Å². The van der Waals surface area contributed by atoms with Gasteiger partial charge in [0, 0.05) is 34.7 Å². The number of allylic oxidation sites excluding steroid dienone is 1. The predicted molar refractivity (Wildman–Crippen MR) is 123 cm³/mol. The molecule has 0 radical (unpaired) electrons. The molecule has 0 spiro atoms. The zero-order valence-electron chi connectivity index (χ0n) is 18.4. The summed E-state index contributed by atoms with van der Waals surface area (Å²) in [5.74, 6) is 1.44. The summed E-state index contributed by atoms with van der Waals surface area (Å²) >= 11 is 0. The summed E-state index contributed by atoms with van der Waals surface area (Å²) in [6, 6.07) is 12.1. The highest BCUT2D eigenvalue weighted by Crippen LogP contribution is 2.37. The van der Waals surface area contributed by atoms with Crippen LogP contribution in [0.5, 0.6) is 11.5 Å². The molecule has 3 aromatic rings. The van der Waals surface area contributed by atoms with E-state index in [4.69, 9.17) is 13.9 Å². The third-order valence-electron chi connectivity index (χ3n) is 6.02. The minimum atomic E-state index is -0.0471. The summed E-state index contributed by atoms with van der Waals surface area (Å²) in [5.41, 5.74) is 4.50. The lowest BCUT2D eigenvalue weighted by Gasteiger charge is -2.22. The van der Waals surface area contributed by atoms with Crippen LogP contribution in [0.3, 0.4) is 0 Å². The van der Waals surface area contributed by atoms with E-state index in [-0.39, 0.29) is 11.9 Å². The fraction of sp³-hybridized carbons (Fsp3) is 0.346. The first kappa shape index (κ1) is 21.0. The van der Waals surface area contributed by atoms with Crippen molar-refractivity contribution in [1.82, 2.24) is 5.32 Å². The van der Waals surface area contributed by atoms with Crippen LogP contribution >= 0.6 is 0 Å². The van der Waals surface area contributed by atoms with Crippen molar-refractivity contribution in [2.75, 3.05) is 14.2 Å². The fourth-order valence-corrected chi connectivity index (χ4v) is 4.29. The molecule has 0 unspecified atom stereocenters. The number of benzene rings is 2. The van der Waals surface area contributed by atoms with E-state index in [9.17, 15) is 4.79 Å². The van der Waals surface area contributed by atoms with E-state index in [1.165, 1.54) is 19.3 Å². The highest BCUT2D eigenvalue weighted by Gasteiger charge is 2.17. The largest absolute Gasteiger partial charge is 0.497 e. The highest BCUT2D eigenvalue weighted by molar-refractivity contribution is 6.00. The van der Waals surface area contributed by atoms with Crippen molar-refractivity contribution in [2.45, 2.75) is 45.1 Å². The Kier molecular flexibility index (Phi) is 6.31. The van der Waals surface area contributed by atoms with Gasteiger partial charge < -0.3 is 19.2 Å². The quantitative estimate of drug-likeness (QED) is 0.500. The maximum atomic E-state index is 12.6. The number of carbonyl (C=O) groups is 1. The molecule has 0 atom stereocenters. The summed E-state index contributed by atoms with van der Waals surface area (Å²) in [5, 5.41) is 4.12. The zero-order valence-corrected chi connectivity index (χ0v) is 18.4. The summed E-state index contributed by atoms with van der Waals surface area (Å²) < 4.78 is 16.7. The van der Waals surface area contributed by atoms with Gasteiger partial charge in [-0.15, -0.1) is 0 Å². The molecule has 1 aliphatic rings. The monoisotopic (exact) mass is 419 g/mol. The molecule has 4 rings (SSSR count). The number of hydrogen-bond acceptors (Lipinski definition) is 4. The molecule has 1 amide bonds. The van der Waals surface area contributed by atoms with Crippen molar-refractivity contribution in [3.05, 3.63) is 54.3 Å². The Morgan fingerprint density at radius 1 is 1.06 bits per heavy atom. The van der Waals surface area contributed by atoms with Gasteiger partial charge in [-0.25, -0.2) is 0 Å². The molecule has 1 N–H and O–H groups in total. The van der Waals surface area contributed by atoms with Gasteiger partial charge in [0.1, 0.15) is 17.1 Å². The summed E-state index contributed by atoms with van der Waals surface area (Å²) in [6.45, 7) is 1.94. The molecule has 162 valence electrons. The molecule has 5 heteroatoms. The van der Waals surface area contributed by atoms with Crippen LogP contribution in [0.4, 0.5) is 0 Å². The van der Waals surface area contributed by atoms with Crippen LogP contribution in [0.1, 0.15) is 44.6 Å². The minimum absolute atomic E-state index is 0.0471. The molecule has 1 saturated carbocycles. The van der Waals surface area contributed by atoms with Crippen LogP contribution in [-0.2, 0) is 4.79 Å². The molecule has 1 heterocycles. The van der Waals surface area contributed by atoms with Crippen molar-refractivity contribution >= 4 is 22.4 Å². The maximum Gasteiger partial charge on any atom is 0.244 e. The number of carbonyl (C=O) groups excluding carboxylic acids is 1. The second-order valence-corrected chi connectivity index (χ2v) is 8.10. The van der Waals surface area contributed by atoms with Gasteiger partial charge in [-0.1, -0.05) is 31.4 Å². The van der Waals surface area contributed by atoms with E-state index >= 15 is 0 Å². The first-order valence-corrected chi connectivity index (χ1v) is 10.8. The Morgan fingerprint density at radius 2 is 1.81 bits per heavy atom. The van der Waals surface area contributed by atoms with Gasteiger partial charge in [-0.05, 0) is 49.1 Å². The number of hydrogen-bond donors (Lipinski definition) is 1. The number of fused-ring (bicyclic) bond motifs is 1. The smallest absolute Gasteiger partial charge is 0.244 e. The normalized spacial score (nSPS) is 15.1. The van der Waals surface area contributed by atoms with Crippen molar-refractivity contribution in [1.29, 1.82) is 0 Å². The molecule has 0 bridgehead atoms. The summed E-state index contributed by atoms with van der Waals surface area (Å²) in [7, 11) is 3.29. The zero-order chi connectivity index (χ0) is 21.8.